The van der Waals surface area contributed by atoms with Crippen LogP contribution < -0.4 is 20.5 Å². The molecule has 0 radical (unpaired) electrons. The molecule has 0 aromatic heterocycles. The molecule has 100 valence electrons. The van der Waals surface area contributed by atoms with Gasteiger partial charge >= 0.3 is 0 Å². The SMILES string of the molecule is COc1ccc(OC)c(N[C@@H]2CCCC[C@H]2N)c1. The van der Waals surface area contributed by atoms with Crippen molar-refractivity contribution in [2.75, 3.05) is 19.5 Å². The zero-order valence-corrected chi connectivity index (χ0v) is 11.1. The molecule has 0 aliphatic heterocycles. The fourth-order valence-corrected chi connectivity index (χ4v) is 2.47. The maximum absolute atomic E-state index is 6.15. The molecule has 0 spiro atoms. The third-order valence-electron chi connectivity index (χ3n) is 3.57. The predicted octanol–water partition coefficient (Wildman–Crippen LogP) is 2.39. The van der Waals surface area contributed by atoms with Crippen LogP contribution in [0.25, 0.3) is 0 Å². The van der Waals surface area contributed by atoms with Gasteiger partial charge in [-0.05, 0) is 25.0 Å². The number of ether oxygens (including phenoxy) is 2. The van der Waals surface area contributed by atoms with Crippen molar-refractivity contribution in [2.24, 2.45) is 5.73 Å². The van der Waals surface area contributed by atoms with Gasteiger partial charge in [0.05, 0.1) is 19.9 Å². The lowest BCUT2D eigenvalue weighted by Crippen LogP contribution is -2.42. The number of rotatable bonds is 4. The summed E-state index contributed by atoms with van der Waals surface area (Å²) < 4.78 is 10.6. The molecule has 2 rings (SSSR count). The Labute approximate surface area is 108 Å². The molecule has 1 saturated carbocycles. The van der Waals surface area contributed by atoms with Gasteiger partial charge in [-0.3, -0.25) is 0 Å². The zero-order valence-electron chi connectivity index (χ0n) is 11.1. The largest absolute Gasteiger partial charge is 0.497 e. The highest BCUT2D eigenvalue weighted by molar-refractivity contribution is 5.60. The van der Waals surface area contributed by atoms with Gasteiger partial charge < -0.3 is 20.5 Å². The second-order valence-electron chi connectivity index (χ2n) is 4.77. The molecule has 2 atom stereocenters. The molecule has 0 heterocycles. The van der Waals surface area contributed by atoms with Crippen molar-refractivity contribution in [3.05, 3.63) is 18.2 Å². The fourth-order valence-electron chi connectivity index (χ4n) is 2.47. The lowest BCUT2D eigenvalue weighted by Gasteiger charge is -2.30. The average Bonchev–Trinajstić information content (AvgIpc) is 2.41. The van der Waals surface area contributed by atoms with Crippen LogP contribution in [-0.4, -0.2) is 26.3 Å². The highest BCUT2D eigenvalue weighted by Crippen LogP contribution is 2.31. The summed E-state index contributed by atoms with van der Waals surface area (Å²) in [5.41, 5.74) is 7.11. The van der Waals surface area contributed by atoms with E-state index in [0.29, 0.717) is 6.04 Å². The van der Waals surface area contributed by atoms with E-state index in [1.165, 1.54) is 12.8 Å². The van der Waals surface area contributed by atoms with E-state index in [9.17, 15) is 0 Å². The van der Waals surface area contributed by atoms with Crippen LogP contribution in [0.3, 0.4) is 0 Å². The first-order valence-corrected chi connectivity index (χ1v) is 6.48. The smallest absolute Gasteiger partial charge is 0.142 e. The zero-order chi connectivity index (χ0) is 13.0. The summed E-state index contributed by atoms with van der Waals surface area (Å²) in [6.45, 7) is 0. The van der Waals surface area contributed by atoms with Crippen molar-refractivity contribution < 1.29 is 9.47 Å². The second kappa shape index (κ2) is 5.96. The molecule has 4 nitrogen and oxygen atoms in total. The van der Waals surface area contributed by atoms with Gasteiger partial charge in [0.25, 0.3) is 0 Å². The molecule has 4 heteroatoms. The summed E-state index contributed by atoms with van der Waals surface area (Å²) in [6, 6.07) is 6.30. The lowest BCUT2D eigenvalue weighted by molar-refractivity contribution is 0.392. The summed E-state index contributed by atoms with van der Waals surface area (Å²) in [5.74, 6) is 1.65. The van der Waals surface area contributed by atoms with Crippen molar-refractivity contribution >= 4 is 5.69 Å². The van der Waals surface area contributed by atoms with E-state index in [-0.39, 0.29) is 6.04 Å². The Morgan fingerprint density at radius 1 is 1.17 bits per heavy atom. The van der Waals surface area contributed by atoms with E-state index in [1.807, 2.05) is 18.2 Å². The minimum atomic E-state index is 0.217. The fraction of sp³-hybridized carbons (Fsp3) is 0.571. The molecule has 0 bridgehead atoms. The first kappa shape index (κ1) is 13.0. The Hall–Kier alpha value is -1.42. The maximum Gasteiger partial charge on any atom is 0.142 e. The Kier molecular flexibility index (Phi) is 4.31. The Balaban J connectivity index is 2.15. The summed E-state index contributed by atoms with van der Waals surface area (Å²) in [5, 5.41) is 3.49. The Bertz CT molecular complexity index is 395. The second-order valence-corrected chi connectivity index (χ2v) is 4.77. The Morgan fingerprint density at radius 3 is 2.61 bits per heavy atom. The van der Waals surface area contributed by atoms with Crippen molar-refractivity contribution in [2.45, 2.75) is 37.8 Å². The van der Waals surface area contributed by atoms with Crippen LogP contribution in [0.5, 0.6) is 11.5 Å². The molecule has 1 fully saturated rings. The van der Waals surface area contributed by atoms with Crippen molar-refractivity contribution in [1.29, 1.82) is 0 Å². The van der Waals surface area contributed by atoms with Crippen LogP contribution in [-0.2, 0) is 0 Å². The van der Waals surface area contributed by atoms with Crippen molar-refractivity contribution in [3.8, 4) is 11.5 Å². The minimum Gasteiger partial charge on any atom is -0.497 e. The summed E-state index contributed by atoms with van der Waals surface area (Å²) in [6.07, 6.45) is 4.66. The summed E-state index contributed by atoms with van der Waals surface area (Å²) in [4.78, 5) is 0. The molecule has 0 amide bonds. The monoisotopic (exact) mass is 250 g/mol. The van der Waals surface area contributed by atoms with Crippen LogP contribution >= 0.6 is 0 Å². The molecule has 18 heavy (non-hydrogen) atoms. The first-order valence-electron chi connectivity index (χ1n) is 6.48. The van der Waals surface area contributed by atoms with Crippen molar-refractivity contribution in [3.63, 3.8) is 0 Å². The number of hydrogen-bond acceptors (Lipinski definition) is 4. The van der Waals surface area contributed by atoms with Crippen LogP contribution in [0.15, 0.2) is 18.2 Å². The Morgan fingerprint density at radius 2 is 1.94 bits per heavy atom. The van der Waals surface area contributed by atoms with Gasteiger partial charge in [-0.1, -0.05) is 12.8 Å². The maximum atomic E-state index is 6.15. The molecule has 3 N–H and O–H groups in total. The van der Waals surface area contributed by atoms with Gasteiger partial charge in [0.2, 0.25) is 0 Å². The van der Waals surface area contributed by atoms with Gasteiger partial charge in [-0.15, -0.1) is 0 Å². The molecule has 1 aromatic rings. The molecule has 1 aliphatic rings. The van der Waals surface area contributed by atoms with E-state index < -0.39 is 0 Å². The average molecular weight is 250 g/mol. The lowest BCUT2D eigenvalue weighted by atomic mass is 9.91. The normalized spacial score (nSPS) is 23.5. The van der Waals surface area contributed by atoms with Crippen LogP contribution in [0.4, 0.5) is 5.69 Å². The van der Waals surface area contributed by atoms with Gasteiger partial charge in [0.1, 0.15) is 11.5 Å². The number of anilines is 1. The van der Waals surface area contributed by atoms with Crippen molar-refractivity contribution in [1.82, 2.24) is 0 Å². The third kappa shape index (κ3) is 2.88. The number of benzene rings is 1. The molecule has 0 unspecified atom stereocenters. The molecular formula is C14H22N2O2. The van der Waals surface area contributed by atoms with Crippen LogP contribution in [0.2, 0.25) is 0 Å². The van der Waals surface area contributed by atoms with Gasteiger partial charge in [0, 0.05) is 18.2 Å². The van der Waals surface area contributed by atoms with Gasteiger partial charge in [0.15, 0.2) is 0 Å². The predicted molar refractivity (Wildman–Crippen MR) is 73.4 cm³/mol. The summed E-state index contributed by atoms with van der Waals surface area (Å²) >= 11 is 0. The van der Waals surface area contributed by atoms with E-state index in [1.54, 1.807) is 14.2 Å². The molecular weight excluding hydrogens is 228 g/mol. The van der Waals surface area contributed by atoms with E-state index in [0.717, 1.165) is 30.0 Å². The molecule has 1 aromatic carbocycles. The highest BCUT2D eigenvalue weighted by atomic mass is 16.5. The van der Waals surface area contributed by atoms with E-state index in [2.05, 4.69) is 5.32 Å². The van der Waals surface area contributed by atoms with Crippen LogP contribution in [0.1, 0.15) is 25.7 Å². The number of methoxy groups -OCH3 is 2. The standard InChI is InChI=1S/C14H22N2O2/c1-17-10-7-8-14(18-2)13(9-10)16-12-6-4-3-5-11(12)15/h7-9,11-12,16H,3-6,15H2,1-2H3/t11-,12-/m1/s1. The topological polar surface area (TPSA) is 56.5 Å². The first-order chi connectivity index (χ1) is 8.74. The minimum absolute atomic E-state index is 0.217. The van der Waals surface area contributed by atoms with E-state index >= 15 is 0 Å². The molecule has 0 saturated heterocycles. The van der Waals surface area contributed by atoms with E-state index in [4.69, 9.17) is 15.2 Å². The van der Waals surface area contributed by atoms with Gasteiger partial charge in [-0.25, -0.2) is 0 Å². The highest BCUT2D eigenvalue weighted by Gasteiger charge is 2.22. The number of hydrogen-bond donors (Lipinski definition) is 2. The number of nitrogens with one attached hydrogen (secondary N) is 1. The van der Waals surface area contributed by atoms with Gasteiger partial charge in [-0.2, -0.15) is 0 Å². The number of nitrogens with two attached hydrogens (primary N) is 1. The quantitative estimate of drug-likeness (QED) is 0.861. The summed E-state index contributed by atoms with van der Waals surface area (Å²) in [7, 11) is 3.34. The third-order valence-corrected chi connectivity index (χ3v) is 3.57. The van der Waals surface area contributed by atoms with Crippen LogP contribution in [0, 0.1) is 0 Å². The molecule has 1 aliphatic carbocycles.